The van der Waals surface area contributed by atoms with Crippen molar-refractivity contribution in [1.29, 1.82) is 0 Å². The average molecular weight is 379 g/mol. The van der Waals surface area contributed by atoms with Crippen molar-refractivity contribution in [3.8, 4) is 11.4 Å². The molecule has 8 nitrogen and oxygen atoms in total. The van der Waals surface area contributed by atoms with Crippen LogP contribution in [0, 0.1) is 13.8 Å². The smallest absolute Gasteiger partial charge is 0.265 e. The molecule has 8 heteroatoms. The molecule has 0 radical (unpaired) electrons. The van der Waals surface area contributed by atoms with Gasteiger partial charge >= 0.3 is 0 Å². The summed E-state index contributed by atoms with van der Waals surface area (Å²) >= 11 is 0. The number of anilines is 2. The molecule has 1 aliphatic rings. The summed E-state index contributed by atoms with van der Waals surface area (Å²) in [6.07, 6.45) is 5.46. The zero-order valence-corrected chi connectivity index (χ0v) is 16.8. The van der Waals surface area contributed by atoms with Gasteiger partial charge in [0.05, 0.1) is 0 Å². The molecule has 0 spiro atoms. The van der Waals surface area contributed by atoms with E-state index in [-0.39, 0.29) is 0 Å². The number of nitrogens with zero attached hydrogens (tertiary/aromatic N) is 7. The summed E-state index contributed by atoms with van der Waals surface area (Å²) in [6, 6.07) is 3.88. The second kappa shape index (κ2) is 7.53. The summed E-state index contributed by atoms with van der Waals surface area (Å²) in [5.41, 5.74) is 3.12. The standard InChI is InChI=1S/C20H25N7O/c1-13-14(2)22-17(15-5-9-21-10-6-15)23-18(13)27-11-7-16(8-12-27)19-24-20(25-28-19)26(3)4/h5-6,9-10,16H,7-8,11-12H2,1-4H3. The third-order valence-electron chi connectivity index (χ3n) is 5.28. The lowest BCUT2D eigenvalue weighted by Crippen LogP contribution is -2.34. The first-order valence-corrected chi connectivity index (χ1v) is 9.54. The number of hydrogen-bond acceptors (Lipinski definition) is 8. The van der Waals surface area contributed by atoms with E-state index < -0.39 is 0 Å². The molecule has 3 aromatic heterocycles. The minimum absolute atomic E-state index is 0.292. The molecule has 0 atom stereocenters. The predicted octanol–water partition coefficient (Wildman–Crippen LogP) is 2.99. The number of rotatable bonds is 4. The van der Waals surface area contributed by atoms with Gasteiger partial charge < -0.3 is 14.3 Å². The van der Waals surface area contributed by atoms with Gasteiger partial charge in [0.15, 0.2) is 5.82 Å². The Hall–Kier alpha value is -3.03. The molecular formula is C20H25N7O. The van der Waals surface area contributed by atoms with Crippen LogP contribution in [0.4, 0.5) is 11.8 Å². The molecule has 1 fully saturated rings. The second-order valence-corrected chi connectivity index (χ2v) is 7.41. The highest BCUT2D eigenvalue weighted by atomic mass is 16.5. The van der Waals surface area contributed by atoms with Crippen LogP contribution < -0.4 is 9.80 Å². The molecule has 146 valence electrons. The third-order valence-corrected chi connectivity index (χ3v) is 5.28. The van der Waals surface area contributed by atoms with E-state index in [4.69, 9.17) is 9.51 Å². The van der Waals surface area contributed by atoms with Crippen molar-refractivity contribution in [2.75, 3.05) is 37.0 Å². The highest BCUT2D eigenvalue weighted by Crippen LogP contribution is 2.32. The third kappa shape index (κ3) is 3.54. The van der Waals surface area contributed by atoms with Crippen molar-refractivity contribution in [3.63, 3.8) is 0 Å². The van der Waals surface area contributed by atoms with Gasteiger partial charge in [0, 0.05) is 62.3 Å². The Bertz CT molecular complexity index is 946. The summed E-state index contributed by atoms with van der Waals surface area (Å²) in [4.78, 5) is 22.4. The van der Waals surface area contributed by atoms with Crippen LogP contribution in [0.15, 0.2) is 29.0 Å². The van der Waals surface area contributed by atoms with E-state index in [0.717, 1.165) is 60.3 Å². The fourth-order valence-corrected chi connectivity index (χ4v) is 3.46. The number of piperidine rings is 1. The number of pyridine rings is 1. The molecule has 0 saturated carbocycles. The van der Waals surface area contributed by atoms with Gasteiger partial charge in [-0.1, -0.05) is 0 Å². The molecule has 1 saturated heterocycles. The van der Waals surface area contributed by atoms with Gasteiger partial charge in [-0.05, 0) is 44.0 Å². The normalized spacial score (nSPS) is 15.1. The molecule has 4 rings (SSSR count). The van der Waals surface area contributed by atoms with E-state index >= 15 is 0 Å². The zero-order chi connectivity index (χ0) is 19.7. The second-order valence-electron chi connectivity index (χ2n) is 7.41. The van der Waals surface area contributed by atoms with Crippen molar-refractivity contribution in [2.45, 2.75) is 32.6 Å². The van der Waals surface area contributed by atoms with E-state index in [0.29, 0.717) is 11.9 Å². The monoisotopic (exact) mass is 379 g/mol. The van der Waals surface area contributed by atoms with Gasteiger partial charge in [-0.3, -0.25) is 4.98 Å². The number of aryl methyl sites for hydroxylation is 1. The van der Waals surface area contributed by atoms with Crippen LogP contribution in [-0.4, -0.2) is 52.3 Å². The highest BCUT2D eigenvalue weighted by Gasteiger charge is 2.27. The van der Waals surface area contributed by atoms with Crippen molar-refractivity contribution >= 4 is 11.8 Å². The Morgan fingerprint density at radius 3 is 2.39 bits per heavy atom. The minimum atomic E-state index is 0.292. The summed E-state index contributed by atoms with van der Waals surface area (Å²) in [5.74, 6) is 3.41. The lowest BCUT2D eigenvalue weighted by atomic mass is 9.96. The van der Waals surface area contributed by atoms with Crippen molar-refractivity contribution in [1.82, 2.24) is 25.1 Å². The summed E-state index contributed by atoms with van der Waals surface area (Å²) < 4.78 is 5.47. The van der Waals surface area contributed by atoms with E-state index in [2.05, 4.69) is 31.9 Å². The Balaban J connectivity index is 1.53. The van der Waals surface area contributed by atoms with Crippen LogP contribution >= 0.6 is 0 Å². The molecule has 0 bridgehead atoms. The predicted molar refractivity (Wildman–Crippen MR) is 108 cm³/mol. The van der Waals surface area contributed by atoms with Crippen molar-refractivity contribution < 1.29 is 4.52 Å². The lowest BCUT2D eigenvalue weighted by molar-refractivity contribution is 0.329. The molecule has 0 amide bonds. The molecule has 28 heavy (non-hydrogen) atoms. The molecular weight excluding hydrogens is 354 g/mol. The van der Waals surface area contributed by atoms with E-state index in [9.17, 15) is 0 Å². The molecule has 1 aliphatic heterocycles. The van der Waals surface area contributed by atoms with Crippen molar-refractivity contribution in [3.05, 3.63) is 41.7 Å². The Morgan fingerprint density at radius 1 is 1.04 bits per heavy atom. The Kier molecular flexibility index (Phi) is 4.93. The van der Waals surface area contributed by atoms with Crippen LogP contribution in [0.2, 0.25) is 0 Å². The van der Waals surface area contributed by atoms with Crippen LogP contribution in [0.1, 0.15) is 35.9 Å². The van der Waals surface area contributed by atoms with Gasteiger partial charge in [-0.2, -0.15) is 4.98 Å². The fourth-order valence-electron chi connectivity index (χ4n) is 3.46. The average Bonchev–Trinajstić information content (AvgIpc) is 3.21. The lowest BCUT2D eigenvalue weighted by Gasteiger charge is -2.32. The largest absolute Gasteiger partial charge is 0.356 e. The summed E-state index contributed by atoms with van der Waals surface area (Å²) in [6.45, 7) is 5.93. The topological polar surface area (TPSA) is 84.1 Å². The summed E-state index contributed by atoms with van der Waals surface area (Å²) in [5, 5.41) is 4.04. The number of hydrogen-bond donors (Lipinski definition) is 0. The highest BCUT2D eigenvalue weighted by molar-refractivity contribution is 5.60. The van der Waals surface area contributed by atoms with E-state index in [1.54, 1.807) is 12.4 Å². The van der Waals surface area contributed by atoms with Gasteiger partial charge in [0.1, 0.15) is 5.82 Å². The molecule has 3 aromatic rings. The molecule has 0 unspecified atom stereocenters. The van der Waals surface area contributed by atoms with Crippen LogP contribution in [0.3, 0.4) is 0 Å². The molecule has 0 aromatic carbocycles. The molecule has 4 heterocycles. The maximum Gasteiger partial charge on any atom is 0.265 e. The van der Waals surface area contributed by atoms with Crippen LogP contribution in [0.25, 0.3) is 11.4 Å². The first kappa shape index (κ1) is 18.3. The quantitative estimate of drug-likeness (QED) is 0.684. The van der Waals surface area contributed by atoms with E-state index in [1.807, 2.05) is 38.1 Å². The SMILES string of the molecule is Cc1nc(-c2ccncc2)nc(N2CCC(c3nc(N(C)C)no3)CC2)c1C. The first-order valence-electron chi connectivity index (χ1n) is 9.54. The first-order chi connectivity index (χ1) is 13.5. The Morgan fingerprint density at radius 2 is 1.75 bits per heavy atom. The van der Waals surface area contributed by atoms with Crippen molar-refractivity contribution in [2.24, 2.45) is 0 Å². The molecule has 0 aliphatic carbocycles. The van der Waals surface area contributed by atoms with Gasteiger partial charge in [-0.25, -0.2) is 9.97 Å². The van der Waals surface area contributed by atoms with Gasteiger partial charge in [0.2, 0.25) is 5.89 Å². The summed E-state index contributed by atoms with van der Waals surface area (Å²) in [7, 11) is 3.83. The zero-order valence-electron chi connectivity index (χ0n) is 16.8. The van der Waals surface area contributed by atoms with Gasteiger partial charge in [-0.15, -0.1) is 0 Å². The Labute approximate surface area is 164 Å². The fraction of sp³-hybridized carbons (Fsp3) is 0.450. The van der Waals surface area contributed by atoms with Gasteiger partial charge in [0.25, 0.3) is 5.95 Å². The molecule has 0 N–H and O–H groups in total. The number of aromatic nitrogens is 5. The maximum absolute atomic E-state index is 5.47. The minimum Gasteiger partial charge on any atom is -0.356 e. The maximum atomic E-state index is 5.47. The van der Waals surface area contributed by atoms with Crippen LogP contribution in [0.5, 0.6) is 0 Å². The van der Waals surface area contributed by atoms with E-state index in [1.165, 1.54) is 0 Å². The van der Waals surface area contributed by atoms with Crippen LogP contribution in [-0.2, 0) is 0 Å².